The highest BCUT2D eigenvalue weighted by Crippen LogP contribution is 2.19. The van der Waals surface area contributed by atoms with E-state index in [-0.39, 0.29) is 5.91 Å². The second-order valence-corrected chi connectivity index (χ2v) is 3.79. The minimum atomic E-state index is 0.150. The van der Waals surface area contributed by atoms with Gasteiger partial charge in [0.05, 0.1) is 5.56 Å². The Labute approximate surface area is 90.1 Å². The first kappa shape index (κ1) is 10.0. The van der Waals surface area contributed by atoms with Crippen molar-refractivity contribution in [2.75, 3.05) is 25.5 Å². The number of hydrogen-bond donors (Lipinski definition) is 1. The largest absolute Gasteiger partial charge is 0.387 e. The minimum absolute atomic E-state index is 0.150. The summed E-state index contributed by atoms with van der Waals surface area (Å²) >= 11 is 0. The second-order valence-electron chi connectivity index (χ2n) is 3.79. The quantitative estimate of drug-likeness (QED) is 0.798. The van der Waals surface area contributed by atoms with Crippen molar-refractivity contribution in [3.63, 3.8) is 0 Å². The van der Waals surface area contributed by atoms with Crippen molar-refractivity contribution in [1.82, 2.24) is 4.90 Å². The molecule has 0 spiro atoms. The number of carbonyl (C=O) groups excluding carboxylic acids is 1. The third-order valence-electron chi connectivity index (χ3n) is 2.82. The van der Waals surface area contributed by atoms with Gasteiger partial charge in [-0.15, -0.1) is 0 Å². The summed E-state index contributed by atoms with van der Waals surface area (Å²) in [4.78, 5) is 14.0. The number of para-hydroxylation sites is 1. The average molecular weight is 204 g/mol. The number of likely N-dealkylation sites (tertiary alicyclic amines) is 1. The van der Waals surface area contributed by atoms with Crippen LogP contribution < -0.4 is 5.32 Å². The number of nitrogens with one attached hydrogen (secondary N) is 1. The standard InChI is InChI=1S/C12H16N2O/c1-13-11-7-3-2-6-10(11)12(15)14-8-4-5-9-14/h2-3,6-7,13H,4-5,8-9H2,1H3. The highest BCUT2D eigenvalue weighted by molar-refractivity contribution is 5.99. The molecule has 0 unspecified atom stereocenters. The minimum Gasteiger partial charge on any atom is -0.387 e. The molecule has 3 nitrogen and oxygen atoms in total. The molecular formula is C12H16N2O. The fourth-order valence-corrected chi connectivity index (χ4v) is 1.98. The van der Waals surface area contributed by atoms with E-state index in [1.54, 1.807) is 0 Å². The van der Waals surface area contributed by atoms with Crippen LogP contribution >= 0.6 is 0 Å². The van der Waals surface area contributed by atoms with Crippen LogP contribution in [0.2, 0.25) is 0 Å². The molecule has 1 heterocycles. The molecule has 0 atom stereocenters. The molecule has 1 N–H and O–H groups in total. The fraction of sp³-hybridized carbons (Fsp3) is 0.417. The van der Waals surface area contributed by atoms with Gasteiger partial charge in [-0.25, -0.2) is 0 Å². The normalized spacial score (nSPS) is 15.4. The van der Waals surface area contributed by atoms with Crippen LogP contribution in [0, 0.1) is 0 Å². The van der Waals surface area contributed by atoms with Crippen LogP contribution in [0.1, 0.15) is 23.2 Å². The lowest BCUT2D eigenvalue weighted by atomic mass is 10.1. The van der Waals surface area contributed by atoms with Crippen molar-refractivity contribution in [3.05, 3.63) is 29.8 Å². The predicted molar refractivity (Wildman–Crippen MR) is 61.1 cm³/mol. The number of rotatable bonds is 2. The number of nitrogens with zero attached hydrogens (tertiary/aromatic N) is 1. The number of anilines is 1. The first-order valence-electron chi connectivity index (χ1n) is 5.39. The highest BCUT2D eigenvalue weighted by atomic mass is 16.2. The van der Waals surface area contributed by atoms with Crippen molar-refractivity contribution in [3.8, 4) is 0 Å². The van der Waals surface area contributed by atoms with Gasteiger partial charge < -0.3 is 10.2 Å². The molecule has 0 radical (unpaired) electrons. The van der Waals surface area contributed by atoms with Crippen molar-refractivity contribution < 1.29 is 4.79 Å². The number of hydrogen-bond acceptors (Lipinski definition) is 2. The molecule has 1 aliphatic heterocycles. The number of benzene rings is 1. The van der Waals surface area contributed by atoms with Crippen LogP contribution in [0.4, 0.5) is 5.69 Å². The first-order valence-corrected chi connectivity index (χ1v) is 5.39. The molecule has 3 heteroatoms. The summed E-state index contributed by atoms with van der Waals surface area (Å²) in [6.45, 7) is 1.80. The maximum atomic E-state index is 12.1. The molecule has 0 aliphatic carbocycles. The van der Waals surface area contributed by atoms with Gasteiger partial charge in [-0.2, -0.15) is 0 Å². The summed E-state index contributed by atoms with van der Waals surface area (Å²) in [5.74, 6) is 0.150. The van der Waals surface area contributed by atoms with Crippen molar-refractivity contribution in [2.24, 2.45) is 0 Å². The van der Waals surface area contributed by atoms with Gasteiger partial charge in [0.15, 0.2) is 0 Å². The Bertz CT molecular complexity index is 356. The summed E-state index contributed by atoms with van der Waals surface area (Å²) in [6.07, 6.45) is 2.26. The van der Waals surface area contributed by atoms with Crippen molar-refractivity contribution in [1.29, 1.82) is 0 Å². The Morgan fingerprint density at radius 2 is 1.93 bits per heavy atom. The van der Waals surface area contributed by atoms with Gasteiger partial charge in [0.2, 0.25) is 0 Å². The topological polar surface area (TPSA) is 32.3 Å². The van der Waals surface area contributed by atoms with E-state index in [0.29, 0.717) is 0 Å². The van der Waals surface area contributed by atoms with E-state index >= 15 is 0 Å². The molecule has 15 heavy (non-hydrogen) atoms. The van der Waals surface area contributed by atoms with Gasteiger partial charge in [0.25, 0.3) is 5.91 Å². The zero-order valence-corrected chi connectivity index (χ0v) is 8.99. The van der Waals surface area contributed by atoms with Crippen molar-refractivity contribution in [2.45, 2.75) is 12.8 Å². The lowest BCUT2D eigenvalue weighted by Gasteiger charge is -2.17. The van der Waals surface area contributed by atoms with Crippen LogP contribution in [0.5, 0.6) is 0 Å². The molecular weight excluding hydrogens is 188 g/mol. The van der Waals surface area contributed by atoms with E-state index in [2.05, 4.69) is 5.32 Å². The van der Waals surface area contributed by atoms with Crippen LogP contribution in [-0.2, 0) is 0 Å². The zero-order chi connectivity index (χ0) is 10.7. The van der Waals surface area contributed by atoms with Crippen LogP contribution in [0.15, 0.2) is 24.3 Å². The SMILES string of the molecule is CNc1ccccc1C(=O)N1CCCC1. The van der Waals surface area contributed by atoms with Crippen LogP contribution in [-0.4, -0.2) is 30.9 Å². The van der Waals surface area contributed by atoms with Gasteiger partial charge in [-0.05, 0) is 25.0 Å². The number of amides is 1. The molecule has 1 aromatic rings. The Balaban J connectivity index is 2.24. The lowest BCUT2D eigenvalue weighted by Crippen LogP contribution is -2.28. The number of carbonyl (C=O) groups is 1. The van der Waals surface area contributed by atoms with Gasteiger partial charge in [0, 0.05) is 25.8 Å². The molecule has 1 saturated heterocycles. The Kier molecular flexibility index (Phi) is 2.90. The van der Waals surface area contributed by atoms with E-state index in [4.69, 9.17) is 0 Å². The Morgan fingerprint density at radius 3 is 2.60 bits per heavy atom. The van der Waals surface area contributed by atoms with E-state index in [0.717, 1.165) is 37.2 Å². The average Bonchev–Trinajstić information content (AvgIpc) is 2.81. The highest BCUT2D eigenvalue weighted by Gasteiger charge is 2.20. The summed E-state index contributed by atoms with van der Waals surface area (Å²) < 4.78 is 0. The van der Waals surface area contributed by atoms with Crippen LogP contribution in [0.25, 0.3) is 0 Å². The molecule has 80 valence electrons. The Hall–Kier alpha value is -1.51. The Morgan fingerprint density at radius 1 is 1.27 bits per heavy atom. The van der Waals surface area contributed by atoms with Crippen molar-refractivity contribution >= 4 is 11.6 Å². The van der Waals surface area contributed by atoms with E-state index in [9.17, 15) is 4.79 Å². The second kappa shape index (κ2) is 4.34. The maximum absolute atomic E-state index is 12.1. The first-order chi connectivity index (χ1) is 7.33. The van der Waals surface area contributed by atoms with E-state index < -0.39 is 0 Å². The van der Waals surface area contributed by atoms with Gasteiger partial charge in [-0.3, -0.25) is 4.79 Å². The van der Waals surface area contributed by atoms with Gasteiger partial charge in [-0.1, -0.05) is 12.1 Å². The summed E-state index contributed by atoms with van der Waals surface area (Å²) in [6, 6.07) is 7.66. The third kappa shape index (κ3) is 1.96. The molecule has 0 saturated carbocycles. The van der Waals surface area contributed by atoms with E-state index in [1.165, 1.54) is 0 Å². The molecule has 1 amide bonds. The van der Waals surface area contributed by atoms with Gasteiger partial charge in [0.1, 0.15) is 0 Å². The summed E-state index contributed by atoms with van der Waals surface area (Å²) in [5, 5.41) is 3.05. The van der Waals surface area contributed by atoms with E-state index in [1.807, 2.05) is 36.2 Å². The molecule has 2 rings (SSSR count). The lowest BCUT2D eigenvalue weighted by molar-refractivity contribution is 0.0794. The zero-order valence-electron chi connectivity index (χ0n) is 8.99. The maximum Gasteiger partial charge on any atom is 0.255 e. The summed E-state index contributed by atoms with van der Waals surface area (Å²) in [5.41, 5.74) is 1.69. The van der Waals surface area contributed by atoms with Gasteiger partial charge >= 0.3 is 0 Å². The molecule has 1 aliphatic rings. The summed E-state index contributed by atoms with van der Waals surface area (Å²) in [7, 11) is 1.84. The molecule has 1 fully saturated rings. The molecule has 0 aromatic heterocycles. The predicted octanol–water partition coefficient (Wildman–Crippen LogP) is 1.96. The third-order valence-corrected chi connectivity index (χ3v) is 2.82. The fourth-order valence-electron chi connectivity index (χ4n) is 1.98. The monoisotopic (exact) mass is 204 g/mol. The molecule has 1 aromatic carbocycles. The smallest absolute Gasteiger partial charge is 0.255 e. The molecule has 0 bridgehead atoms. The van der Waals surface area contributed by atoms with Crippen LogP contribution in [0.3, 0.4) is 0 Å².